The number of urea groups is 1. The number of halogens is 1. The third-order valence-electron chi connectivity index (χ3n) is 5.90. The average molecular weight is 466 g/mol. The van der Waals surface area contributed by atoms with Crippen molar-refractivity contribution in [3.63, 3.8) is 0 Å². The van der Waals surface area contributed by atoms with Crippen LogP contribution in [0.25, 0.3) is 22.3 Å². The minimum Gasteiger partial charge on any atom is -0.383 e. The van der Waals surface area contributed by atoms with Crippen molar-refractivity contribution in [3.05, 3.63) is 42.2 Å². The van der Waals surface area contributed by atoms with Crippen LogP contribution in [-0.2, 0) is 16.7 Å². The van der Waals surface area contributed by atoms with Gasteiger partial charge in [-0.05, 0) is 25.0 Å². The van der Waals surface area contributed by atoms with Gasteiger partial charge in [-0.3, -0.25) is 5.32 Å². The number of anilines is 3. The summed E-state index contributed by atoms with van der Waals surface area (Å²) in [5, 5.41) is 14.0. The summed E-state index contributed by atoms with van der Waals surface area (Å²) in [5.74, 6) is 0.576. The largest absolute Gasteiger partial charge is 0.383 e. The van der Waals surface area contributed by atoms with Gasteiger partial charge in [0, 0.05) is 24.2 Å². The van der Waals surface area contributed by atoms with Gasteiger partial charge < -0.3 is 20.3 Å². The van der Waals surface area contributed by atoms with Crippen LogP contribution < -0.4 is 16.4 Å². The molecule has 1 fully saturated rings. The van der Waals surface area contributed by atoms with Gasteiger partial charge in [-0.25, -0.2) is 23.8 Å². The molecule has 3 heterocycles. The van der Waals surface area contributed by atoms with E-state index in [9.17, 15) is 9.18 Å². The molecule has 1 aliphatic carbocycles. The summed E-state index contributed by atoms with van der Waals surface area (Å²) in [7, 11) is 1.59. The van der Waals surface area contributed by atoms with Crippen LogP contribution in [0.5, 0.6) is 0 Å². The number of methoxy groups -OCH3 is 1. The molecule has 0 radical (unpaired) electrons. The molecule has 0 saturated heterocycles. The standard InChI is InChI=1S/C22H23FN8O3/c1-22(5-6-22)15-10-16(30-34-15)28-21(32)27-14-4-3-12(9-13(14)23)18-17-19(24)25-11-26-20(17)31(29-18)7-8-33-2/h3-4,9-11H,5-8H2,1-2H3,(H2,24,25,26)(H2,27,28,30,32). The van der Waals surface area contributed by atoms with E-state index in [-0.39, 0.29) is 22.7 Å². The van der Waals surface area contributed by atoms with Crippen LogP contribution in [0.2, 0.25) is 0 Å². The first kappa shape index (κ1) is 21.8. The maximum atomic E-state index is 14.9. The molecule has 3 aromatic heterocycles. The zero-order chi connectivity index (χ0) is 23.9. The van der Waals surface area contributed by atoms with Crippen molar-refractivity contribution in [3.8, 4) is 11.3 Å². The zero-order valence-electron chi connectivity index (χ0n) is 18.6. The molecule has 2 amide bonds. The summed E-state index contributed by atoms with van der Waals surface area (Å²) in [4.78, 5) is 20.7. The van der Waals surface area contributed by atoms with Crippen LogP contribution in [0.1, 0.15) is 25.5 Å². The van der Waals surface area contributed by atoms with Crippen molar-refractivity contribution in [2.24, 2.45) is 0 Å². The Morgan fingerprint density at radius 3 is 2.85 bits per heavy atom. The van der Waals surface area contributed by atoms with E-state index in [0.29, 0.717) is 35.4 Å². The Bertz CT molecular complexity index is 1380. The predicted molar refractivity (Wildman–Crippen MR) is 123 cm³/mol. The number of nitrogens with two attached hydrogens (primary N) is 1. The Balaban J connectivity index is 1.36. The van der Waals surface area contributed by atoms with Crippen LogP contribution in [0.15, 0.2) is 35.1 Å². The molecule has 0 spiro atoms. The second-order valence-corrected chi connectivity index (χ2v) is 8.43. The van der Waals surface area contributed by atoms with Crippen molar-refractivity contribution in [2.45, 2.75) is 31.7 Å². The maximum absolute atomic E-state index is 14.9. The number of nitrogens with zero attached hydrogens (tertiary/aromatic N) is 5. The topological polar surface area (TPSA) is 146 Å². The van der Waals surface area contributed by atoms with Crippen molar-refractivity contribution < 1.29 is 18.4 Å². The summed E-state index contributed by atoms with van der Waals surface area (Å²) >= 11 is 0. The Labute approximate surface area is 193 Å². The highest BCUT2D eigenvalue weighted by Crippen LogP contribution is 2.48. The van der Waals surface area contributed by atoms with Crippen LogP contribution >= 0.6 is 0 Å². The summed E-state index contributed by atoms with van der Waals surface area (Å²) in [5.41, 5.74) is 7.46. The first-order chi connectivity index (χ1) is 16.4. The van der Waals surface area contributed by atoms with E-state index in [4.69, 9.17) is 15.0 Å². The van der Waals surface area contributed by atoms with Gasteiger partial charge in [-0.2, -0.15) is 5.10 Å². The molecule has 11 nitrogen and oxygen atoms in total. The number of benzene rings is 1. The summed E-state index contributed by atoms with van der Waals surface area (Å²) < 4.78 is 27.0. The van der Waals surface area contributed by atoms with E-state index in [1.807, 2.05) is 0 Å². The number of hydrogen-bond donors (Lipinski definition) is 3. The lowest BCUT2D eigenvalue weighted by molar-refractivity contribution is 0.184. The molecule has 176 valence electrons. The van der Waals surface area contributed by atoms with Gasteiger partial charge in [0.2, 0.25) is 0 Å². The van der Waals surface area contributed by atoms with Crippen molar-refractivity contribution in [2.75, 3.05) is 30.1 Å². The van der Waals surface area contributed by atoms with E-state index >= 15 is 0 Å². The molecule has 4 aromatic rings. The number of fused-ring (bicyclic) bond motifs is 1. The monoisotopic (exact) mass is 466 g/mol. The minimum absolute atomic E-state index is 0.00790. The number of carbonyl (C=O) groups excluding carboxylic acids is 1. The summed E-state index contributed by atoms with van der Waals surface area (Å²) in [6.07, 6.45) is 3.38. The predicted octanol–water partition coefficient (Wildman–Crippen LogP) is 3.54. The number of nitrogens with one attached hydrogen (secondary N) is 2. The van der Waals surface area contributed by atoms with E-state index in [2.05, 4.69) is 37.8 Å². The van der Waals surface area contributed by atoms with Gasteiger partial charge in [-0.15, -0.1) is 0 Å². The first-order valence-corrected chi connectivity index (χ1v) is 10.7. The fourth-order valence-corrected chi connectivity index (χ4v) is 3.65. The molecule has 34 heavy (non-hydrogen) atoms. The van der Waals surface area contributed by atoms with E-state index < -0.39 is 11.8 Å². The molecule has 0 unspecified atom stereocenters. The first-order valence-electron chi connectivity index (χ1n) is 10.7. The number of rotatable bonds is 7. The quantitative estimate of drug-likeness (QED) is 0.375. The Morgan fingerprint density at radius 2 is 2.12 bits per heavy atom. The highest BCUT2D eigenvalue weighted by Gasteiger charge is 2.43. The third-order valence-corrected chi connectivity index (χ3v) is 5.90. The van der Waals surface area contributed by atoms with E-state index in [1.54, 1.807) is 23.9 Å². The van der Waals surface area contributed by atoms with Gasteiger partial charge in [0.15, 0.2) is 11.5 Å². The van der Waals surface area contributed by atoms with Crippen LogP contribution in [-0.4, -0.2) is 44.7 Å². The molecule has 12 heteroatoms. The number of ether oxygens (including phenoxy) is 1. The van der Waals surface area contributed by atoms with Crippen molar-refractivity contribution in [1.29, 1.82) is 0 Å². The number of amides is 2. The lowest BCUT2D eigenvalue weighted by atomic mass is 10.1. The lowest BCUT2D eigenvalue weighted by Crippen LogP contribution is -2.20. The molecule has 0 bridgehead atoms. The maximum Gasteiger partial charge on any atom is 0.325 e. The van der Waals surface area contributed by atoms with Gasteiger partial charge in [0.1, 0.15) is 29.4 Å². The van der Waals surface area contributed by atoms with E-state index in [0.717, 1.165) is 18.6 Å². The van der Waals surface area contributed by atoms with Crippen molar-refractivity contribution >= 4 is 34.4 Å². The highest BCUT2D eigenvalue weighted by atomic mass is 19.1. The zero-order valence-corrected chi connectivity index (χ0v) is 18.6. The fraction of sp³-hybridized carbons (Fsp3) is 0.318. The SMILES string of the molecule is COCCn1nc(-c2ccc(NC(=O)Nc3cc(C4(C)CC4)on3)c(F)c2)c2c(N)ncnc21. The fourth-order valence-electron chi connectivity index (χ4n) is 3.65. The molecule has 1 saturated carbocycles. The Morgan fingerprint density at radius 1 is 1.29 bits per heavy atom. The van der Waals surface area contributed by atoms with Crippen LogP contribution in [0.3, 0.4) is 0 Å². The average Bonchev–Trinajstić information content (AvgIpc) is 3.22. The van der Waals surface area contributed by atoms with Gasteiger partial charge >= 0.3 is 6.03 Å². The van der Waals surface area contributed by atoms with Gasteiger partial charge in [-0.1, -0.05) is 18.1 Å². The number of aromatic nitrogens is 5. The summed E-state index contributed by atoms with van der Waals surface area (Å²) in [6.45, 7) is 2.92. The van der Waals surface area contributed by atoms with Crippen LogP contribution in [0, 0.1) is 5.82 Å². The van der Waals surface area contributed by atoms with E-state index in [1.165, 1.54) is 18.5 Å². The normalized spacial score (nSPS) is 14.3. The second-order valence-electron chi connectivity index (χ2n) is 8.43. The molecular formula is C22H23FN8O3. The van der Waals surface area contributed by atoms with Gasteiger partial charge in [0.05, 0.1) is 24.2 Å². The second kappa shape index (κ2) is 8.37. The molecule has 5 rings (SSSR count). The molecular weight excluding hydrogens is 443 g/mol. The van der Waals surface area contributed by atoms with Gasteiger partial charge in [0.25, 0.3) is 0 Å². The Kier molecular flexibility index (Phi) is 5.36. The minimum atomic E-state index is -0.644. The molecule has 0 aliphatic heterocycles. The number of hydrogen-bond acceptors (Lipinski definition) is 8. The third kappa shape index (κ3) is 4.03. The number of carbonyl (C=O) groups is 1. The molecule has 4 N–H and O–H groups in total. The van der Waals surface area contributed by atoms with Crippen LogP contribution in [0.4, 0.5) is 26.5 Å². The summed E-state index contributed by atoms with van der Waals surface area (Å²) in [6, 6.07) is 5.40. The smallest absolute Gasteiger partial charge is 0.325 e. The highest BCUT2D eigenvalue weighted by molar-refractivity contribution is 6.00. The molecule has 1 aromatic carbocycles. The number of nitrogen functional groups attached to an aromatic ring is 1. The lowest BCUT2D eigenvalue weighted by Gasteiger charge is -2.08. The Hall–Kier alpha value is -4.06. The molecule has 0 atom stereocenters. The molecule has 1 aliphatic rings. The van der Waals surface area contributed by atoms with Crippen molar-refractivity contribution in [1.82, 2.24) is 24.9 Å².